The molecule has 0 saturated carbocycles. The lowest BCUT2D eigenvalue weighted by Crippen LogP contribution is -2.38. The zero-order valence-corrected chi connectivity index (χ0v) is 30.9. The van der Waals surface area contributed by atoms with Crippen LogP contribution < -0.4 is 18.9 Å². The van der Waals surface area contributed by atoms with E-state index in [-0.39, 0.29) is 0 Å². The van der Waals surface area contributed by atoms with Gasteiger partial charge in [-0.15, -0.1) is 0 Å². The molecule has 7 aromatic carbocycles. The maximum atomic E-state index is 6.42. The van der Waals surface area contributed by atoms with Crippen molar-refractivity contribution in [2.24, 2.45) is 0 Å². The van der Waals surface area contributed by atoms with Gasteiger partial charge in [0.2, 0.25) is 5.52 Å². The smallest absolute Gasteiger partial charge is 0.262 e. The maximum Gasteiger partial charge on any atom is 0.262 e. The fourth-order valence-electron chi connectivity index (χ4n) is 7.62. The van der Waals surface area contributed by atoms with Crippen molar-refractivity contribution in [3.8, 4) is 11.5 Å². The Morgan fingerprint density at radius 2 is 1.24 bits per heavy atom. The number of aromatic nitrogens is 1. The van der Waals surface area contributed by atoms with Crippen LogP contribution in [0.5, 0.6) is 11.5 Å². The number of benzene rings is 7. The van der Waals surface area contributed by atoms with Crippen LogP contribution >= 0.6 is 11.3 Å². The molecule has 0 fully saturated rings. The number of fused-ring (bicyclic) bond motifs is 6. The van der Waals surface area contributed by atoms with E-state index in [1.807, 2.05) is 11.3 Å². The number of thiazole rings is 1. The van der Waals surface area contributed by atoms with E-state index in [9.17, 15) is 0 Å². The Hall–Kier alpha value is -6.17. The Morgan fingerprint density at radius 1 is 0.611 bits per heavy atom. The normalized spacial score (nSPS) is 14.2. The van der Waals surface area contributed by atoms with Gasteiger partial charge in [0.25, 0.3) is 5.01 Å². The molecule has 1 atom stereocenters. The van der Waals surface area contributed by atoms with E-state index in [0.717, 1.165) is 41.8 Å². The lowest BCUT2D eigenvalue weighted by atomic mass is 9.91. The van der Waals surface area contributed by atoms with E-state index in [4.69, 9.17) is 9.47 Å². The van der Waals surface area contributed by atoms with Gasteiger partial charge in [-0.3, -0.25) is 0 Å². The van der Waals surface area contributed by atoms with Gasteiger partial charge in [-0.2, -0.15) is 4.57 Å². The number of ether oxygens (including phenoxy) is 2. The minimum atomic E-state index is 0.313. The molecule has 1 aliphatic rings. The second kappa shape index (κ2) is 15.4. The number of nitrogens with zero attached hydrogens (tertiary/aromatic N) is 2. The number of allylic oxidation sites excluding steroid dienone is 4. The van der Waals surface area contributed by atoms with Gasteiger partial charge in [0.05, 0.1) is 6.54 Å². The van der Waals surface area contributed by atoms with Gasteiger partial charge in [0, 0.05) is 46.1 Å². The van der Waals surface area contributed by atoms with Gasteiger partial charge >= 0.3 is 0 Å². The number of hydrogen-bond donors (Lipinski definition) is 0. The van der Waals surface area contributed by atoms with Crippen LogP contribution in [0.2, 0.25) is 0 Å². The van der Waals surface area contributed by atoms with Crippen molar-refractivity contribution in [1.29, 1.82) is 0 Å². The molecule has 8 aromatic rings. The summed E-state index contributed by atoms with van der Waals surface area (Å²) in [6, 6.07) is 51.2. The molecule has 54 heavy (non-hydrogen) atoms. The third-order valence-corrected chi connectivity index (χ3v) is 11.5. The van der Waals surface area contributed by atoms with Gasteiger partial charge in [0.15, 0.2) is 6.54 Å². The van der Waals surface area contributed by atoms with Crippen molar-refractivity contribution in [3.63, 3.8) is 0 Å². The highest BCUT2D eigenvalue weighted by molar-refractivity contribution is 7.19. The van der Waals surface area contributed by atoms with Gasteiger partial charge < -0.3 is 14.4 Å². The predicted molar refractivity (Wildman–Crippen MR) is 227 cm³/mol. The molecule has 1 aromatic heterocycles. The molecule has 264 valence electrons. The van der Waals surface area contributed by atoms with Crippen LogP contribution in [-0.2, 0) is 6.54 Å². The molecule has 0 spiro atoms. The van der Waals surface area contributed by atoms with E-state index in [1.165, 1.54) is 48.0 Å². The topological polar surface area (TPSA) is 25.6 Å². The van der Waals surface area contributed by atoms with Crippen molar-refractivity contribution >= 4 is 65.6 Å². The Morgan fingerprint density at radius 3 is 2.00 bits per heavy atom. The maximum absolute atomic E-state index is 6.42. The predicted octanol–water partition coefficient (Wildman–Crippen LogP) is 11.9. The van der Waals surface area contributed by atoms with Gasteiger partial charge in [-0.05, 0) is 52.4 Å². The van der Waals surface area contributed by atoms with Crippen LogP contribution in [0.1, 0.15) is 22.9 Å². The second-order valence-corrected chi connectivity index (χ2v) is 14.6. The van der Waals surface area contributed by atoms with Gasteiger partial charge in [0.1, 0.15) is 29.4 Å². The van der Waals surface area contributed by atoms with Crippen LogP contribution in [0.3, 0.4) is 0 Å². The minimum Gasteiger partial charge on any atom is -0.491 e. The standard InChI is InChI=1S/C49H41N2O2S/c1(2-14-39-30-31-50(44-24-11-10-20-40(39)44)32-34-52-46-25-12-18-36-15-4-7-21-41(36)46)3-27-48-51(45-29-28-38-17-6-9-23-43(38)49(45)54-48)33-35-53-47-26-13-19-37-16-5-8-22-42(37)47/h1-13,15-31,39H,14,32-35H2/q+1. The summed E-state index contributed by atoms with van der Waals surface area (Å²) in [5.74, 6) is 2.17. The second-order valence-electron chi connectivity index (χ2n) is 13.6. The van der Waals surface area contributed by atoms with E-state index in [0.29, 0.717) is 19.1 Å². The minimum absolute atomic E-state index is 0.313. The SMILES string of the molecule is C(C=Cc1sc2c3ccccc3ccc2[n+]1CCOc1cccc2ccccc12)=CCC1C=CN(CCOc2cccc3ccccc23)c2ccccc21. The van der Waals surface area contributed by atoms with Crippen molar-refractivity contribution in [1.82, 2.24) is 0 Å². The lowest BCUT2D eigenvalue weighted by Gasteiger charge is -2.30. The summed E-state index contributed by atoms with van der Waals surface area (Å²) >= 11 is 1.84. The average Bonchev–Trinajstić information content (AvgIpc) is 3.59. The number of para-hydroxylation sites is 1. The first-order valence-electron chi connectivity index (χ1n) is 18.7. The number of hydrogen-bond acceptors (Lipinski definition) is 4. The van der Waals surface area contributed by atoms with E-state index in [1.54, 1.807) is 0 Å². The Kier molecular flexibility index (Phi) is 9.62. The van der Waals surface area contributed by atoms with Crippen molar-refractivity contribution in [2.75, 3.05) is 24.7 Å². The summed E-state index contributed by atoms with van der Waals surface area (Å²) in [5.41, 5.74) is 3.83. The molecule has 9 rings (SSSR count). The summed E-state index contributed by atoms with van der Waals surface area (Å²) < 4.78 is 16.4. The van der Waals surface area contributed by atoms with Crippen LogP contribution in [0, 0.1) is 0 Å². The third kappa shape index (κ3) is 6.87. The molecule has 0 radical (unpaired) electrons. The van der Waals surface area contributed by atoms with Crippen LogP contribution in [0.25, 0.3) is 48.6 Å². The molecule has 5 heteroatoms. The molecule has 0 N–H and O–H groups in total. The Labute approximate surface area is 320 Å². The Balaban J connectivity index is 0.890. The highest BCUT2D eigenvalue weighted by Gasteiger charge is 2.22. The molecular weight excluding hydrogens is 681 g/mol. The van der Waals surface area contributed by atoms with E-state index in [2.05, 4.69) is 192 Å². The molecule has 0 saturated heterocycles. The zero-order valence-electron chi connectivity index (χ0n) is 30.1. The lowest BCUT2D eigenvalue weighted by molar-refractivity contribution is -0.669. The highest BCUT2D eigenvalue weighted by atomic mass is 32.1. The molecule has 4 nitrogen and oxygen atoms in total. The van der Waals surface area contributed by atoms with E-state index >= 15 is 0 Å². The molecule has 0 amide bonds. The third-order valence-electron chi connectivity index (χ3n) is 10.3. The van der Waals surface area contributed by atoms with Gasteiger partial charge in [-0.1, -0.05) is 151 Å². The summed E-state index contributed by atoms with van der Waals surface area (Å²) in [5, 5.41) is 8.44. The average molecular weight is 722 g/mol. The fourth-order valence-corrected chi connectivity index (χ4v) is 8.86. The van der Waals surface area contributed by atoms with Crippen LogP contribution in [-0.4, -0.2) is 19.8 Å². The first-order valence-corrected chi connectivity index (χ1v) is 19.5. The quantitative estimate of drug-likeness (QED) is 0.0928. The van der Waals surface area contributed by atoms with Crippen molar-refractivity contribution in [3.05, 3.63) is 187 Å². The summed E-state index contributed by atoms with van der Waals surface area (Å²) in [6.07, 6.45) is 14.4. The first kappa shape index (κ1) is 33.7. The summed E-state index contributed by atoms with van der Waals surface area (Å²) in [7, 11) is 0. The van der Waals surface area contributed by atoms with Crippen molar-refractivity contribution in [2.45, 2.75) is 18.9 Å². The van der Waals surface area contributed by atoms with Crippen LogP contribution in [0.4, 0.5) is 5.69 Å². The monoisotopic (exact) mass is 721 g/mol. The zero-order chi connectivity index (χ0) is 36.1. The van der Waals surface area contributed by atoms with E-state index < -0.39 is 0 Å². The molecule has 0 bridgehead atoms. The molecule has 0 aliphatic carbocycles. The van der Waals surface area contributed by atoms with Gasteiger partial charge in [-0.25, -0.2) is 0 Å². The Bertz CT molecular complexity index is 2680. The first-order chi connectivity index (χ1) is 26.8. The highest BCUT2D eigenvalue weighted by Crippen LogP contribution is 2.36. The molecular formula is C49H41N2O2S+. The largest absolute Gasteiger partial charge is 0.491 e. The molecule has 1 aliphatic heterocycles. The number of anilines is 1. The van der Waals surface area contributed by atoms with Crippen molar-refractivity contribution < 1.29 is 14.0 Å². The molecule has 2 heterocycles. The number of rotatable bonds is 12. The summed E-state index contributed by atoms with van der Waals surface area (Å²) in [6.45, 7) is 2.70. The molecule has 1 unspecified atom stereocenters. The van der Waals surface area contributed by atoms with Crippen LogP contribution in [0.15, 0.2) is 176 Å². The summed E-state index contributed by atoms with van der Waals surface area (Å²) in [4.78, 5) is 2.31. The fraction of sp³-hybridized carbons (Fsp3) is 0.122.